The van der Waals surface area contributed by atoms with Gasteiger partial charge in [-0.2, -0.15) is 0 Å². The molecule has 1 fully saturated rings. The highest BCUT2D eigenvalue weighted by atomic mass is 32.1. The molecule has 0 saturated carbocycles. The second-order valence-electron chi connectivity index (χ2n) is 7.23. The van der Waals surface area contributed by atoms with Gasteiger partial charge in [-0.25, -0.2) is 4.98 Å². The third kappa shape index (κ3) is 6.68. The number of thiazole rings is 1. The van der Waals surface area contributed by atoms with Crippen LogP contribution < -0.4 is 5.32 Å². The van der Waals surface area contributed by atoms with Gasteiger partial charge >= 0.3 is 0 Å². The lowest BCUT2D eigenvalue weighted by molar-refractivity contribution is -0.117. The smallest absolute Gasteiger partial charge is 0.240 e. The summed E-state index contributed by atoms with van der Waals surface area (Å²) in [5.41, 5.74) is 0.470. The van der Waals surface area contributed by atoms with Crippen LogP contribution >= 0.6 is 11.3 Å². The molecule has 0 radical (unpaired) electrons. The molecule has 3 rings (SSSR count). The first kappa shape index (κ1) is 23.6. The van der Waals surface area contributed by atoms with Gasteiger partial charge in [-0.1, -0.05) is 11.3 Å². The van der Waals surface area contributed by atoms with E-state index in [4.69, 9.17) is 18.6 Å². The molecule has 2 aromatic heterocycles. The number of amides is 1. The number of furan rings is 1. The molecule has 0 aliphatic carbocycles. The van der Waals surface area contributed by atoms with Crippen LogP contribution in [0.1, 0.15) is 22.5 Å². The molecular formula is C21H29N3O6S. The summed E-state index contributed by atoms with van der Waals surface area (Å²) in [5.74, 6) is 0.213. The number of carbonyl (C=O) groups excluding carboxylic acids is 2. The van der Waals surface area contributed by atoms with Gasteiger partial charge in [-0.15, -0.1) is 0 Å². The Morgan fingerprint density at radius 2 is 1.94 bits per heavy atom. The number of ether oxygens (including phenoxy) is 3. The van der Waals surface area contributed by atoms with Crippen LogP contribution in [-0.2, 0) is 19.0 Å². The zero-order chi connectivity index (χ0) is 22.1. The Kier molecular flexibility index (Phi) is 9.16. The van der Waals surface area contributed by atoms with Crippen LogP contribution in [0.5, 0.6) is 0 Å². The number of ketones is 1. The average molecular weight is 452 g/mol. The molecule has 0 unspecified atom stereocenters. The quantitative estimate of drug-likeness (QED) is 0.491. The Morgan fingerprint density at radius 1 is 1.23 bits per heavy atom. The zero-order valence-electron chi connectivity index (χ0n) is 17.9. The van der Waals surface area contributed by atoms with Gasteiger partial charge in [0.15, 0.2) is 16.7 Å². The van der Waals surface area contributed by atoms with Gasteiger partial charge in [0.1, 0.15) is 10.6 Å². The first-order valence-corrected chi connectivity index (χ1v) is 11.1. The van der Waals surface area contributed by atoms with E-state index in [2.05, 4.69) is 10.3 Å². The highest BCUT2D eigenvalue weighted by Gasteiger charge is 2.29. The lowest BCUT2D eigenvalue weighted by Crippen LogP contribution is -2.37. The number of nitrogens with zero attached hydrogens (tertiary/aromatic N) is 2. The first-order valence-electron chi connectivity index (χ1n) is 10.3. The van der Waals surface area contributed by atoms with Crippen LogP contribution in [0.15, 0.2) is 22.8 Å². The Balaban J connectivity index is 1.73. The molecule has 10 heteroatoms. The predicted molar refractivity (Wildman–Crippen MR) is 117 cm³/mol. The van der Waals surface area contributed by atoms with E-state index in [1.807, 2.05) is 4.90 Å². The van der Waals surface area contributed by atoms with Crippen molar-refractivity contribution in [3.8, 4) is 11.5 Å². The minimum atomic E-state index is -0.211. The number of aromatic nitrogens is 1. The van der Waals surface area contributed by atoms with Crippen molar-refractivity contribution in [1.29, 1.82) is 0 Å². The largest absolute Gasteiger partial charge is 0.463 e. The van der Waals surface area contributed by atoms with E-state index in [1.54, 1.807) is 32.6 Å². The van der Waals surface area contributed by atoms with Gasteiger partial charge in [0.05, 0.1) is 26.0 Å². The van der Waals surface area contributed by atoms with Crippen molar-refractivity contribution < 1.29 is 28.2 Å². The fourth-order valence-corrected chi connectivity index (χ4v) is 4.34. The van der Waals surface area contributed by atoms with Crippen molar-refractivity contribution in [1.82, 2.24) is 9.88 Å². The summed E-state index contributed by atoms with van der Waals surface area (Å²) in [6.07, 6.45) is 2.91. The van der Waals surface area contributed by atoms with E-state index in [1.165, 1.54) is 11.3 Å². The second-order valence-corrected chi connectivity index (χ2v) is 8.23. The number of nitrogens with one attached hydrogen (secondary N) is 1. The summed E-state index contributed by atoms with van der Waals surface area (Å²) < 4.78 is 21.1. The highest BCUT2D eigenvalue weighted by Crippen LogP contribution is 2.35. The molecule has 0 spiro atoms. The van der Waals surface area contributed by atoms with Crippen LogP contribution in [0, 0.1) is 5.92 Å². The summed E-state index contributed by atoms with van der Waals surface area (Å²) in [7, 11) is 3.24. The minimum Gasteiger partial charge on any atom is -0.463 e. The molecule has 1 aliphatic heterocycles. The van der Waals surface area contributed by atoms with Gasteiger partial charge in [-0.05, 0) is 25.0 Å². The Morgan fingerprint density at radius 3 is 2.55 bits per heavy atom. The van der Waals surface area contributed by atoms with Crippen molar-refractivity contribution in [2.75, 3.05) is 65.6 Å². The fraction of sp³-hybridized carbons (Fsp3) is 0.571. The number of rotatable bonds is 12. The molecule has 31 heavy (non-hydrogen) atoms. The van der Waals surface area contributed by atoms with Crippen molar-refractivity contribution in [3.05, 3.63) is 23.3 Å². The summed E-state index contributed by atoms with van der Waals surface area (Å²) >= 11 is 1.19. The van der Waals surface area contributed by atoms with E-state index >= 15 is 0 Å². The summed E-state index contributed by atoms with van der Waals surface area (Å²) in [4.78, 5) is 32.8. The highest BCUT2D eigenvalue weighted by molar-refractivity contribution is 7.18. The third-order valence-corrected chi connectivity index (χ3v) is 6.02. The van der Waals surface area contributed by atoms with Crippen LogP contribution in [-0.4, -0.2) is 81.9 Å². The molecule has 170 valence electrons. The molecule has 1 aliphatic rings. The first-order chi connectivity index (χ1) is 15.1. The maximum absolute atomic E-state index is 13.2. The zero-order valence-corrected chi connectivity index (χ0v) is 18.7. The van der Waals surface area contributed by atoms with Crippen molar-refractivity contribution >= 4 is 28.2 Å². The van der Waals surface area contributed by atoms with Crippen LogP contribution in [0.4, 0.5) is 5.13 Å². The number of anilines is 1. The van der Waals surface area contributed by atoms with E-state index in [9.17, 15) is 9.59 Å². The van der Waals surface area contributed by atoms with Crippen LogP contribution in [0.3, 0.4) is 0 Å². The van der Waals surface area contributed by atoms with Gasteiger partial charge in [0, 0.05) is 46.4 Å². The third-order valence-electron chi connectivity index (χ3n) is 5.03. The SMILES string of the molecule is COCCN(CCOC)CC(=O)Nc1nc(-c2ccco2)c(C(=O)C2CCOCC2)s1. The molecule has 0 aromatic carbocycles. The monoisotopic (exact) mass is 451 g/mol. The van der Waals surface area contributed by atoms with Crippen LogP contribution in [0.25, 0.3) is 11.5 Å². The van der Waals surface area contributed by atoms with Gasteiger partial charge in [0.25, 0.3) is 0 Å². The lowest BCUT2D eigenvalue weighted by Gasteiger charge is -2.20. The number of Topliss-reactive ketones (excluding diaryl/α,β-unsaturated/α-hetero) is 1. The molecule has 2 aromatic rings. The van der Waals surface area contributed by atoms with E-state index in [0.29, 0.717) is 73.8 Å². The summed E-state index contributed by atoms with van der Waals surface area (Å²) in [6.45, 7) is 3.57. The van der Waals surface area contributed by atoms with Crippen molar-refractivity contribution in [3.63, 3.8) is 0 Å². The van der Waals surface area contributed by atoms with Crippen LogP contribution in [0.2, 0.25) is 0 Å². The molecule has 9 nitrogen and oxygen atoms in total. The van der Waals surface area contributed by atoms with Crippen molar-refractivity contribution in [2.24, 2.45) is 5.92 Å². The fourth-order valence-electron chi connectivity index (χ4n) is 3.34. The molecule has 1 N–H and O–H groups in total. The minimum absolute atomic E-state index is 0.0227. The average Bonchev–Trinajstić information content (AvgIpc) is 3.45. The maximum Gasteiger partial charge on any atom is 0.240 e. The van der Waals surface area contributed by atoms with E-state index in [-0.39, 0.29) is 24.2 Å². The van der Waals surface area contributed by atoms with Crippen molar-refractivity contribution in [2.45, 2.75) is 12.8 Å². The Bertz CT molecular complexity index is 824. The standard InChI is InChI=1S/C21H29N3O6S/c1-27-12-7-24(8-13-28-2)14-17(25)22-21-23-18(16-4-3-9-30-16)20(31-21)19(26)15-5-10-29-11-6-15/h3-4,9,15H,5-8,10-14H2,1-2H3,(H,22,23,25). The normalized spacial score (nSPS) is 14.8. The van der Waals surface area contributed by atoms with E-state index < -0.39 is 0 Å². The molecular weight excluding hydrogens is 422 g/mol. The number of hydrogen-bond donors (Lipinski definition) is 1. The molecule has 3 heterocycles. The van der Waals surface area contributed by atoms with E-state index in [0.717, 1.165) is 0 Å². The van der Waals surface area contributed by atoms with Gasteiger partial charge in [0.2, 0.25) is 5.91 Å². The molecule has 1 saturated heterocycles. The van der Waals surface area contributed by atoms with Gasteiger partial charge < -0.3 is 23.9 Å². The Hall–Kier alpha value is -2.11. The molecule has 0 atom stereocenters. The maximum atomic E-state index is 13.2. The summed E-state index contributed by atoms with van der Waals surface area (Å²) in [5, 5.41) is 3.21. The number of hydrogen-bond acceptors (Lipinski definition) is 9. The number of carbonyl (C=O) groups is 2. The molecule has 1 amide bonds. The molecule has 0 bridgehead atoms. The second kappa shape index (κ2) is 12.1. The topological polar surface area (TPSA) is 103 Å². The summed E-state index contributed by atoms with van der Waals surface area (Å²) in [6, 6.07) is 3.51. The predicted octanol–water partition coefficient (Wildman–Crippen LogP) is 2.55. The lowest BCUT2D eigenvalue weighted by atomic mass is 9.94. The number of methoxy groups -OCH3 is 2. The van der Waals surface area contributed by atoms with Gasteiger partial charge in [-0.3, -0.25) is 14.5 Å². The Labute approximate surface area is 185 Å².